The topological polar surface area (TPSA) is 108 Å². The maximum absolute atomic E-state index is 14.7. The molecule has 2 unspecified atom stereocenters. The van der Waals surface area contributed by atoms with E-state index in [1.165, 1.54) is 12.1 Å². The predicted molar refractivity (Wildman–Crippen MR) is 163 cm³/mol. The monoisotopic (exact) mass is 567 g/mol. The minimum absolute atomic E-state index is 0.0964. The Balaban J connectivity index is 2.72. The molecule has 2 rings (SSSR count). The zero-order valence-electron chi connectivity index (χ0n) is 26.6. The van der Waals surface area contributed by atoms with Crippen molar-refractivity contribution in [3.05, 3.63) is 64.7 Å². The average molecular weight is 568 g/mol. The number of hydrogen-bond donors (Lipinski definition) is 3. The van der Waals surface area contributed by atoms with Crippen LogP contribution in [0.3, 0.4) is 0 Å². The number of aromatic hydroxyl groups is 1. The molecule has 8 heteroatoms. The second-order valence-electron chi connectivity index (χ2n) is 13.4. The van der Waals surface area contributed by atoms with Crippen LogP contribution in [-0.2, 0) is 20.7 Å². The van der Waals surface area contributed by atoms with Crippen molar-refractivity contribution in [2.45, 2.75) is 118 Å². The Morgan fingerprint density at radius 1 is 0.902 bits per heavy atom. The molecule has 0 heterocycles. The first-order valence-electron chi connectivity index (χ1n) is 14.2. The van der Waals surface area contributed by atoms with Gasteiger partial charge in [-0.15, -0.1) is 0 Å². The highest BCUT2D eigenvalue weighted by Crippen LogP contribution is 2.34. The summed E-state index contributed by atoms with van der Waals surface area (Å²) in [5, 5.41) is 15.6. The highest BCUT2D eigenvalue weighted by molar-refractivity contribution is 5.93. The molecule has 0 spiro atoms. The highest BCUT2D eigenvalue weighted by Gasteiger charge is 2.43. The molecule has 0 radical (unpaired) electrons. The number of carbonyl (C=O) groups is 3. The number of rotatable bonds is 9. The Labute approximate surface area is 245 Å². The Kier molecular flexibility index (Phi) is 10.6. The fourth-order valence-electron chi connectivity index (χ4n) is 4.42. The van der Waals surface area contributed by atoms with Gasteiger partial charge in [0.1, 0.15) is 23.4 Å². The molecule has 0 bridgehead atoms. The first kappa shape index (κ1) is 33.7. The van der Waals surface area contributed by atoms with Crippen LogP contribution in [0.2, 0.25) is 0 Å². The number of benzene rings is 2. The molecule has 0 aromatic heterocycles. The number of aryl methyl sites for hydroxylation is 2. The zero-order valence-corrected chi connectivity index (χ0v) is 26.6. The van der Waals surface area contributed by atoms with Crippen LogP contribution >= 0.6 is 0 Å². The molecule has 3 amide bonds. The fourth-order valence-corrected chi connectivity index (χ4v) is 4.42. The summed E-state index contributed by atoms with van der Waals surface area (Å²) in [6.45, 7) is 20.8. The summed E-state index contributed by atoms with van der Waals surface area (Å²) in [4.78, 5) is 43.3. The van der Waals surface area contributed by atoms with Crippen LogP contribution in [0.4, 0.5) is 4.79 Å². The van der Waals surface area contributed by atoms with Crippen LogP contribution in [0.15, 0.2) is 42.5 Å². The molecule has 226 valence electrons. The molecule has 3 N–H and O–H groups in total. The summed E-state index contributed by atoms with van der Waals surface area (Å²) in [7, 11) is 0. The number of phenols is 1. The van der Waals surface area contributed by atoms with Crippen molar-refractivity contribution >= 4 is 17.9 Å². The smallest absolute Gasteiger partial charge is 0.408 e. The van der Waals surface area contributed by atoms with Gasteiger partial charge >= 0.3 is 6.09 Å². The molecule has 2 aromatic rings. The van der Waals surface area contributed by atoms with Gasteiger partial charge in [-0.25, -0.2) is 4.79 Å². The zero-order chi connectivity index (χ0) is 31.3. The summed E-state index contributed by atoms with van der Waals surface area (Å²) in [5.41, 5.74) is 1.42. The second-order valence-corrected chi connectivity index (χ2v) is 13.4. The van der Waals surface area contributed by atoms with Crippen LogP contribution in [0.25, 0.3) is 0 Å². The van der Waals surface area contributed by atoms with Gasteiger partial charge in [0.15, 0.2) is 0 Å². The number of nitrogens with zero attached hydrogens (tertiary/aromatic N) is 1. The van der Waals surface area contributed by atoms with E-state index in [1.54, 1.807) is 37.8 Å². The van der Waals surface area contributed by atoms with Crippen molar-refractivity contribution < 1.29 is 24.2 Å². The van der Waals surface area contributed by atoms with Gasteiger partial charge < -0.3 is 25.4 Å². The number of amides is 3. The van der Waals surface area contributed by atoms with E-state index in [0.29, 0.717) is 12.0 Å². The number of carbonyl (C=O) groups excluding carboxylic acids is 3. The van der Waals surface area contributed by atoms with Crippen molar-refractivity contribution in [1.29, 1.82) is 0 Å². The SMILES string of the molecule is CCC(C)(C)N(C(=O)C(Cc1ccc(O)cc1)NC(=O)OC(C)(C)C)C(C(=O)NC(C)(C)C)c1ccc(C)c(C)c1. The van der Waals surface area contributed by atoms with E-state index < -0.39 is 40.8 Å². The van der Waals surface area contributed by atoms with E-state index in [9.17, 15) is 19.5 Å². The van der Waals surface area contributed by atoms with E-state index in [4.69, 9.17) is 4.74 Å². The Morgan fingerprint density at radius 2 is 1.49 bits per heavy atom. The maximum Gasteiger partial charge on any atom is 0.408 e. The molecule has 0 saturated carbocycles. The molecule has 2 aromatic carbocycles. The third kappa shape index (κ3) is 9.80. The van der Waals surface area contributed by atoms with Gasteiger partial charge in [0.2, 0.25) is 11.8 Å². The summed E-state index contributed by atoms with van der Waals surface area (Å²) in [5.74, 6) is -0.626. The van der Waals surface area contributed by atoms with E-state index in [2.05, 4.69) is 10.6 Å². The standard InChI is InChI=1S/C33H49N3O5/c1-12-33(10,11)36(27(28(38)35-31(4,5)6)24-16-13-21(2)22(3)19-24)29(39)26(34-30(40)41-32(7,8)9)20-23-14-17-25(37)18-15-23/h13-19,26-27,37H,12,20H2,1-11H3,(H,34,40)(H,35,38). The van der Waals surface area contributed by atoms with Gasteiger partial charge in [-0.2, -0.15) is 0 Å². The van der Waals surface area contributed by atoms with Crippen LogP contribution in [-0.4, -0.2) is 50.6 Å². The minimum atomic E-state index is -1.04. The molecule has 0 aliphatic carbocycles. The van der Waals surface area contributed by atoms with Crippen molar-refractivity contribution in [3.63, 3.8) is 0 Å². The molecular formula is C33H49N3O5. The molecule has 8 nitrogen and oxygen atoms in total. The Hall–Kier alpha value is -3.55. The van der Waals surface area contributed by atoms with Crippen molar-refractivity contribution in [2.75, 3.05) is 0 Å². The number of hydrogen-bond acceptors (Lipinski definition) is 5. The highest BCUT2D eigenvalue weighted by atomic mass is 16.6. The van der Waals surface area contributed by atoms with Crippen LogP contribution in [0.1, 0.15) is 97.0 Å². The van der Waals surface area contributed by atoms with E-state index in [1.807, 2.05) is 73.6 Å². The van der Waals surface area contributed by atoms with E-state index in [-0.39, 0.29) is 18.1 Å². The lowest BCUT2D eigenvalue weighted by atomic mass is 9.90. The van der Waals surface area contributed by atoms with Gasteiger partial charge in [0, 0.05) is 17.5 Å². The van der Waals surface area contributed by atoms with Crippen LogP contribution < -0.4 is 10.6 Å². The minimum Gasteiger partial charge on any atom is -0.508 e. The molecular weight excluding hydrogens is 518 g/mol. The Bertz CT molecular complexity index is 1220. The maximum atomic E-state index is 14.7. The van der Waals surface area contributed by atoms with Gasteiger partial charge in [-0.1, -0.05) is 37.3 Å². The molecule has 2 atom stereocenters. The van der Waals surface area contributed by atoms with Gasteiger partial charge in [-0.3, -0.25) is 9.59 Å². The normalized spacial score (nSPS) is 13.6. The summed E-state index contributed by atoms with van der Waals surface area (Å²) in [6.07, 6.45) is -0.0399. The average Bonchev–Trinajstić information content (AvgIpc) is 2.82. The fraction of sp³-hybridized carbons (Fsp3) is 0.545. The Morgan fingerprint density at radius 3 is 1.98 bits per heavy atom. The van der Waals surface area contributed by atoms with Crippen LogP contribution in [0.5, 0.6) is 5.75 Å². The summed E-state index contributed by atoms with van der Waals surface area (Å²) >= 11 is 0. The lowest BCUT2D eigenvalue weighted by Crippen LogP contribution is -2.60. The van der Waals surface area contributed by atoms with Crippen molar-refractivity contribution in [1.82, 2.24) is 15.5 Å². The summed E-state index contributed by atoms with van der Waals surface area (Å²) in [6, 6.07) is 10.3. The molecule has 0 saturated heterocycles. The van der Waals surface area contributed by atoms with Crippen LogP contribution in [0, 0.1) is 13.8 Å². The number of ether oxygens (including phenoxy) is 1. The molecule has 41 heavy (non-hydrogen) atoms. The number of nitrogens with one attached hydrogen (secondary N) is 2. The molecule has 0 aliphatic heterocycles. The number of phenolic OH excluding ortho intramolecular Hbond substituents is 1. The molecule has 0 fully saturated rings. The molecule has 0 aliphatic rings. The second kappa shape index (κ2) is 13.0. The number of alkyl carbamates (subject to hydrolysis) is 1. The predicted octanol–water partition coefficient (Wildman–Crippen LogP) is 6.12. The lowest BCUT2D eigenvalue weighted by molar-refractivity contribution is -0.149. The van der Waals surface area contributed by atoms with E-state index in [0.717, 1.165) is 16.7 Å². The van der Waals surface area contributed by atoms with Gasteiger partial charge in [-0.05, 0) is 110 Å². The van der Waals surface area contributed by atoms with Gasteiger partial charge in [0.05, 0.1) is 0 Å². The lowest BCUT2D eigenvalue weighted by Gasteiger charge is -2.45. The third-order valence-electron chi connectivity index (χ3n) is 6.97. The van der Waals surface area contributed by atoms with Gasteiger partial charge in [0.25, 0.3) is 0 Å². The summed E-state index contributed by atoms with van der Waals surface area (Å²) < 4.78 is 5.51. The first-order chi connectivity index (χ1) is 18.7. The van der Waals surface area contributed by atoms with Crippen molar-refractivity contribution in [2.24, 2.45) is 0 Å². The quantitative estimate of drug-likeness (QED) is 0.338. The third-order valence-corrected chi connectivity index (χ3v) is 6.97. The van der Waals surface area contributed by atoms with Crippen molar-refractivity contribution in [3.8, 4) is 5.75 Å². The van der Waals surface area contributed by atoms with E-state index >= 15 is 0 Å². The first-order valence-corrected chi connectivity index (χ1v) is 14.2. The largest absolute Gasteiger partial charge is 0.508 e.